The Morgan fingerprint density at radius 2 is 1.92 bits per heavy atom. The number of aromatic amines is 1. The van der Waals surface area contributed by atoms with Crippen LogP contribution >= 0.6 is 0 Å². The Hall–Kier alpha value is -2.48. The van der Waals surface area contributed by atoms with Gasteiger partial charge in [0.15, 0.2) is 0 Å². The van der Waals surface area contributed by atoms with E-state index in [4.69, 9.17) is 0 Å². The van der Waals surface area contributed by atoms with Crippen LogP contribution in [0.3, 0.4) is 0 Å². The Morgan fingerprint density at radius 3 is 2.58 bits per heavy atom. The first-order valence-corrected chi connectivity index (χ1v) is 8.11. The quantitative estimate of drug-likeness (QED) is 0.650. The molecule has 4 N–H and O–H groups in total. The van der Waals surface area contributed by atoms with Crippen LogP contribution < -0.4 is 10.6 Å². The number of carbonyl (C=O) groups is 2. The van der Waals surface area contributed by atoms with Crippen molar-refractivity contribution in [1.82, 2.24) is 25.6 Å². The molecular weight excluding hydrogens is 310 g/mol. The molecule has 1 aliphatic carbocycles. The van der Waals surface area contributed by atoms with Gasteiger partial charge in [-0.25, -0.2) is 9.97 Å². The molecule has 0 spiro atoms. The van der Waals surface area contributed by atoms with E-state index in [1.807, 2.05) is 0 Å². The van der Waals surface area contributed by atoms with Gasteiger partial charge >= 0.3 is 0 Å². The van der Waals surface area contributed by atoms with Gasteiger partial charge in [0.1, 0.15) is 17.9 Å². The van der Waals surface area contributed by atoms with E-state index in [9.17, 15) is 14.7 Å². The molecule has 1 atom stereocenters. The zero-order chi connectivity index (χ0) is 17.1. The summed E-state index contributed by atoms with van der Waals surface area (Å²) >= 11 is 0. The number of carbonyl (C=O) groups excluding carboxylic acids is 2. The van der Waals surface area contributed by atoms with Crippen LogP contribution in [0.25, 0.3) is 11.0 Å². The van der Waals surface area contributed by atoms with Crippen LogP contribution in [-0.4, -0.2) is 50.1 Å². The van der Waals surface area contributed by atoms with Gasteiger partial charge in [-0.2, -0.15) is 0 Å². The van der Waals surface area contributed by atoms with E-state index in [0.29, 0.717) is 11.1 Å². The SMILES string of the molecule is C[C@H](O)C(=O)NC1CCC(NC(=O)c2c[nH]c3cncnc23)CC1. The molecule has 1 saturated carbocycles. The van der Waals surface area contributed by atoms with E-state index in [-0.39, 0.29) is 23.9 Å². The van der Waals surface area contributed by atoms with Crippen LogP contribution in [-0.2, 0) is 4.79 Å². The lowest BCUT2D eigenvalue weighted by molar-refractivity contribution is -0.129. The minimum atomic E-state index is -0.994. The number of amides is 2. The molecule has 2 heterocycles. The smallest absolute Gasteiger partial charge is 0.255 e. The van der Waals surface area contributed by atoms with Crippen molar-refractivity contribution in [1.29, 1.82) is 0 Å². The lowest BCUT2D eigenvalue weighted by Gasteiger charge is -2.29. The van der Waals surface area contributed by atoms with Gasteiger partial charge < -0.3 is 20.7 Å². The van der Waals surface area contributed by atoms with Gasteiger partial charge in [0.05, 0.1) is 17.3 Å². The third-order valence-corrected chi connectivity index (χ3v) is 4.37. The summed E-state index contributed by atoms with van der Waals surface area (Å²) in [7, 11) is 0. The first kappa shape index (κ1) is 16.4. The van der Waals surface area contributed by atoms with Gasteiger partial charge in [-0.1, -0.05) is 0 Å². The summed E-state index contributed by atoms with van der Waals surface area (Å²) in [6.07, 6.45) is 6.83. The van der Waals surface area contributed by atoms with E-state index in [0.717, 1.165) is 31.2 Å². The van der Waals surface area contributed by atoms with Gasteiger partial charge in [-0.3, -0.25) is 9.59 Å². The number of nitrogens with one attached hydrogen (secondary N) is 3. The molecule has 1 fully saturated rings. The molecule has 0 aliphatic heterocycles. The standard InChI is InChI=1S/C16H21N5O3/c1-9(22)15(23)20-10-2-4-11(5-3-10)21-16(24)12-6-18-13-7-17-8-19-14(12)13/h6-11,18,22H,2-5H2,1H3,(H,20,23)(H,21,24)/t9-,10?,11?/m0/s1. The highest BCUT2D eigenvalue weighted by Gasteiger charge is 2.25. The molecule has 1 aliphatic rings. The lowest BCUT2D eigenvalue weighted by atomic mass is 9.91. The summed E-state index contributed by atoms with van der Waals surface area (Å²) in [5.41, 5.74) is 1.85. The Labute approximate surface area is 139 Å². The largest absolute Gasteiger partial charge is 0.384 e. The molecule has 2 aromatic heterocycles. The minimum absolute atomic E-state index is 0.0566. The third-order valence-electron chi connectivity index (χ3n) is 4.37. The molecule has 128 valence electrons. The van der Waals surface area contributed by atoms with Crippen LogP contribution in [0, 0.1) is 0 Å². The molecule has 8 nitrogen and oxygen atoms in total. The van der Waals surface area contributed by atoms with E-state index in [1.165, 1.54) is 13.3 Å². The second kappa shape index (κ2) is 6.96. The van der Waals surface area contributed by atoms with Crippen LogP contribution in [0.5, 0.6) is 0 Å². The molecular formula is C16H21N5O3. The number of hydrogen-bond acceptors (Lipinski definition) is 5. The zero-order valence-corrected chi connectivity index (χ0v) is 13.5. The summed E-state index contributed by atoms with van der Waals surface area (Å²) in [6.45, 7) is 1.45. The lowest BCUT2D eigenvalue weighted by Crippen LogP contribution is -2.45. The normalized spacial score (nSPS) is 22.1. The van der Waals surface area contributed by atoms with Crippen LogP contribution in [0.15, 0.2) is 18.7 Å². The van der Waals surface area contributed by atoms with Crippen LogP contribution in [0.1, 0.15) is 43.0 Å². The van der Waals surface area contributed by atoms with Crippen molar-refractivity contribution < 1.29 is 14.7 Å². The highest BCUT2D eigenvalue weighted by molar-refractivity contribution is 6.05. The van der Waals surface area contributed by atoms with Crippen molar-refractivity contribution in [3.63, 3.8) is 0 Å². The highest BCUT2D eigenvalue weighted by atomic mass is 16.3. The fourth-order valence-corrected chi connectivity index (χ4v) is 3.01. The topological polar surface area (TPSA) is 120 Å². The van der Waals surface area contributed by atoms with Crippen molar-refractivity contribution in [3.8, 4) is 0 Å². The predicted molar refractivity (Wildman–Crippen MR) is 87.2 cm³/mol. The Balaban J connectivity index is 1.54. The van der Waals surface area contributed by atoms with E-state index in [2.05, 4.69) is 25.6 Å². The van der Waals surface area contributed by atoms with Gasteiger partial charge in [0, 0.05) is 18.3 Å². The maximum Gasteiger partial charge on any atom is 0.255 e. The predicted octanol–water partition coefficient (Wildman–Crippen LogP) is 0.496. The van der Waals surface area contributed by atoms with Crippen molar-refractivity contribution in [2.24, 2.45) is 0 Å². The maximum atomic E-state index is 12.4. The second-order valence-corrected chi connectivity index (χ2v) is 6.19. The van der Waals surface area contributed by atoms with Gasteiger partial charge in [-0.05, 0) is 32.6 Å². The molecule has 2 amide bonds. The molecule has 0 aromatic carbocycles. The summed E-state index contributed by atoms with van der Waals surface area (Å²) in [4.78, 5) is 35.0. The summed E-state index contributed by atoms with van der Waals surface area (Å²) in [6, 6.07) is 0.130. The average molecular weight is 331 g/mol. The number of nitrogens with zero attached hydrogens (tertiary/aromatic N) is 2. The maximum absolute atomic E-state index is 12.4. The molecule has 0 unspecified atom stereocenters. The van der Waals surface area contributed by atoms with Gasteiger partial charge in [-0.15, -0.1) is 0 Å². The first-order chi connectivity index (χ1) is 11.5. The fourth-order valence-electron chi connectivity index (χ4n) is 3.01. The Morgan fingerprint density at radius 1 is 1.25 bits per heavy atom. The molecule has 3 rings (SSSR count). The van der Waals surface area contributed by atoms with E-state index in [1.54, 1.807) is 12.4 Å². The van der Waals surface area contributed by atoms with Crippen molar-refractivity contribution in [3.05, 3.63) is 24.3 Å². The number of fused-ring (bicyclic) bond motifs is 1. The summed E-state index contributed by atoms with van der Waals surface area (Å²) in [5.74, 6) is -0.502. The molecule has 8 heteroatoms. The number of hydrogen-bond donors (Lipinski definition) is 4. The van der Waals surface area contributed by atoms with Crippen molar-refractivity contribution in [2.75, 3.05) is 0 Å². The Bertz CT molecular complexity index is 734. The molecule has 24 heavy (non-hydrogen) atoms. The Kier molecular flexibility index (Phi) is 4.75. The summed E-state index contributed by atoms with van der Waals surface area (Å²) < 4.78 is 0. The van der Waals surface area contributed by atoms with E-state index >= 15 is 0 Å². The fraction of sp³-hybridized carbons (Fsp3) is 0.500. The number of rotatable bonds is 4. The number of H-pyrrole nitrogens is 1. The summed E-state index contributed by atoms with van der Waals surface area (Å²) in [5, 5.41) is 15.1. The monoisotopic (exact) mass is 331 g/mol. The van der Waals surface area contributed by atoms with Crippen molar-refractivity contribution in [2.45, 2.75) is 50.8 Å². The molecule has 0 bridgehead atoms. The van der Waals surface area contributed by atoms with E-state index < -0.39 is 6.10 Å². The third kappa shape index (κ3) is 3.53. The second-order valence-electron chi connectivity index (χ2n) is 6.19. The number of aliphatic hydroxyl groups is 1. The van der Waals surface area contributed by atoms with Gasteiger partial charge in [0.2, 0.25) is 5.91 Å². The first-order valence-electron chi connectivity index (χ1n) is 8.11. The van der Waals surface area contributed by atoms with Crippen LogP contribution in [0.2, 0.25) is 0 Å². The highest BCUT2D eigenvalue weighted by Crippen LogP contribution is 2.20. The van der Waals surface area contributed by atoms with Crippen LogP contribution in [0.4, 0.5) is 0 Å². The van der Waals surface area contributed by atoms with Crippen molar-refractivity contribution >= 4 is 22.8 Å². The molecule has 0 radical (unpaired) electrons. The number of aromatic nitrogens is 3. The zero-order valence-electron chi connectivity index (χ0n) is 13.5. The molecule has 2 aromatic rings. The minimum Gasteiger partial charge on any atom is -0.384 e. The number of aliphatic hydroxyl groups excluding tert-OH is 1. The molecule has 0 saturated heterocycles. The average Bonchev–Trinajstić information content (AvgIpc) is 3.00. The van der Waals surface area contributed by atoms with Gasteiger partial charge in [0.25, 0.3) is 5.91 Å².